The van der Waals surface area contributed by atoms with Gasteiger partial charge in [-0.2, -0.15) is 0 Å². The van der Waals surface area contributed by atoms with E-state index in [0.29, 0.717) is 18.9 Å². The molecule has 0 saturated carbocycles. The van der Waals surface area contributed by atoms with Gasteiger partial charge in [-0.15, -0.1) is 0 Å². The van der Waals surface area contributed by atoms with Crippen LogP contribution in [-0.4, -0.2) is 53.0 Å². The highest BCUT2D eigenvalue weighted by atomic mass is 16.3. The zero-order chi connectivity index (χ0) is 11.8. The Labute approximate surface area is 95.0 Å². The van der Waals surface area contributed by atoms with Crippen molar-refractivity contribution in [3.05, 3.63) is 12.4 Å². The Hall–Kier alpha value is -1.40. The predicted molar refractivity (Wildman–Crippen MR) is 62.6 cm³/mol. The summed E-state index contributed by atoms with van der Waals surface area (Å²) < 4.78 is 0. The molecule has 0 radical (unpaired) electrons. The molecule has 0 unspecified atom stereocenters. The van der Waals surface area contributed by atoms with Crippen LogP contribution in [0.3, 0.4) is 0 Å². The summed E-state index contributed by atoms with van der Waals surface area (Å²) in [5, 5.41) is 20.9. The molecule has 0 aromatic carbocycles. The molecule has 1 heterocycles. The smallest absolute Gasteiger partial charge is 0.134 e. The van der Waals surface area contributed by atoms with Crippen molar-refractivity contribution in [1.29, 1.82) is 0 Å². The Morgan fingerprint density at radius 1 is 1.25 bits per heavy atom. The van der Waals surface area contributed by atoms with Crippen LogP contribution in [0.25, 0.3) is 0 Å². The van der Waals surface area contributed by atoms with E-state index < -0.39 is 0 Å². The quantitative estimate of drug-likeness (QED) is 0.592. The normalized spacial score (nSPS) is 10.2. The zero-order valence-electron chi connectivity index (χ0n) is 9.43. The van der Waals surface area contributed by atoms with Crippen molar-refractivity contribution in [2.75, 3.05) is 43.1 Å². The number of aliphatic hydroxyl groups excluding tert-OH is 2. The van der Waals surface area contributed by atoms with Crippen LogP contribution in [0, 0.1) is 0 Å². The molecule has 0 aliphatic rings. The highest BCUT2D eigenvalue weighted by Crippen LogP contribution is 2.13. The van der Waals surface area contributed by atoms with E-state index in [2.05, 4.69) is 15.3 Å². The van der Waals surface area contributed by atoms with E-state index >= 15 is 0 Å². The molecule has 0 aliphatic heterocycles. The first-order valence-electron chi connectivity index (χ1n) is 5.34. The molecule has 16 heavy (non-hydrogen) atoms. The average Bonchev–Trinajstić information content (AvgIpc) is 2.30. The molecular weight excluding hydrogens is 208 g/mol. The first-order chi connectivity index (χ1) is 7.81. The lowest BCUT2D eigenvalue weighted by Crippen LogP contribution is -2.30. The maximum Gasteiger partial charge on any atom is 0.134 e. The summed E-state index contributed by atoms with van der Waals surface area (Å²) in [7, 11) is 0. The number of aliphatic hydroxyl groups is 2. The summed E-state index contributed by atoms with van der Waals surface area (Å²) >= 11 is 0. The van der Waals surface area contributed by atoms with Crippen molar-refractivity contribution in [2.45, 2.75) is 6.92 Å². The van der Waals surface area contributed by atoms with Crippen LogP contribution in [0.5, 0.6) is 0 Å². The molecule has 0 saturated heterocycles. The third-order valence-corrected chi connectivity index (χ3v) is 2.07. The first kappa shape index (κ1) is 12.7. The van der Waals surface area contributed by atoms with Crippen LogP contribution < -0.4 is 10.2 Å². The standard InChI is InChI=1S/C10H18N4O2/c1-2-11-9-7-10(13-8-12-9)14(3-5-15)4-6-16/h7-8,15-16H,2-6H2,1H3,(H,11,12,13). The van der Waals surface area contributed by atoms with Gasteiger partial charge >= 0.3 is 0 Å². The fraction of sp³-hybridized carbons (Fsp3) is 0.600. The predicted octanol–water partition coefficient (Wildman–Crippen LogP) is -0.301. The lowest BCUT2D eigenvalue weighted by Gasteiger charge is -2.21. The van der Waals surface area contributed by atoms with E-state index in [-0.39, 0.29) is 13.2 Å². The summed E-state index contributed by atoms with van der Waals surface area (Å²) in [4.78, 5) is 9.98. The number of nitrogens with zero attached hydrogens (tertiary/aromatic N) is 3. The Balaban J connectivity index is 2.77. The molecule has 6 heteroatoms. The molecule has 1 aromatic rings. The molecule has 0 spiro atoms. The fourth-order valence-corrected chi connectivity index (χ4v) is 1.38. The lowest BCUT2D eigenvalue weighted by molar-refractivity contribution is 0.280. The van der Waals surface area contributed by atoms with Gasteiger partial charge in [-0.1, -0.05) is 0 Å². The maximum absolute atomic E-state index is 8.91. The highest BCUT2D eigenvalue weighted by Gasteiger charge is 2.07. The second kappa shape index (κ2) is 6.97. The topological polar surface area (TPSA) is 81.5 Å². The molecule has 0 bridgehead atoms. The van der Waals surface area contributed by atoms with Gasteiger partial charge in [-0.3, -0.25) is 0 Å². The Morgan fingerprint density at radius 2 is 1.94 bits per heavy atom. The molecule has 1 aromatic heterocycles. The van der Waals surface area contributed by atoms with Gasteiger partial charge in [-0.05, 0) is 6.92 Å². The van der Waals surface area contributed by atoms with E-state index in [1.54, 1.807) is 6.07 Å². The van der Waals surface area contributed by atoms with Crippen LogP contribution in [0.4, 0.5) is 11.6 Å². The molecule has 3 N–H and O–H groups in total. The highest BCUT2D eigenvalue weighted by molar-refractivity contribution is 5.48. The van der Waals surface area contributed by atoms with E-state index in [4.69, 9.17) is 10.2 Å². The molecule has 0 amide bonds. The third-order valence-electron chi connectivity index (χ3n) is 2.07. The summed E-state index contributed by atoms with van der Waals surface area (Å²) in [6.07, 6.45) is 1.47. The monoisotopic (exact) mass is 226 g/mol. The molecule has 1 rings (SSSR count). The van der Waals surface area contributed by atoms with Crippen LogP contribution in [0.15, 0.2) is 12.4 Å². The van der Waals surface area contributed by atoms with Crippen LogP contribution >= 0.6 is 0 Å². The minimum Gasteiger partial charge on any atom is -0.395 e. The average molecular weight is 226 g/mol. The number of anilines is 2. The molecule has 0 fully saturated rings. The number of nitrogens with one attached hydrogen (secondary N) is 1. The largest absolute Gasteiger partial charge is 0.395 e. The van der Waals surface area contributed by atoms with Gasteiger partial charge in [-0.25, -0.2) is 9.97 Å². The molecule has 0 aliphatic carbocycles. The fourth-order valence-electron chi connectivity index (χ4n) is 1.38. The molecule has 0 atom stereocenters. The first-order valence-corrected chi connectivity index (χ1v) is 5.34. The van der Waals surface area contributed by atoms with E-state index in [1.165, 1.54) is 6.33 Å². The number of rotatable bonds is 7. The second-order valence-electron chi connectivity index (χ2n) is 3.23. The van der Waals surface area contributed by atoms with E-state index in [1.807, 2.05) is 11.8 Å². The lowest BCUT2D eigenvalue weighted by atomic mass is 10.4. The number of hydrogen-bond acceptors (Lipinski definition) is 6. The van der Waals surface area contributed by atoms with Crippen molar-refractivity contribution in [3.8, 4) is 0 Å². The zero-order valence-corrected chi connectivity index (χ0v) is 9.43. The van der Waals surface area contributed by atoms with Crippen LogP contribution in [0.2, 0.25) is 0 Å². The van der Waals surface area contributed by atoms with Crippen molar-refractivity contribution >= 4 is 11.6 Å². The summed E-state index contributed by atoms with van der Waals surface area (Å²) in [5.41, 5.74) is 0. The van der Waals surface area contributed by atoms with Crippen molar-refractivity contribution in [1.82, 2.24) is 9.97 Å². The molecule has 6 nitrogen and oxygen atoms in total. The van der Waals surface area contributed by atoms with Crippen LogP contribution in [-0.2, 0) is 0 Å². The third kappa shape index (κ3) is 3.63. The van der Waals surface area contributed by atoms with Gasteiger partial charge in [0.15, 0.2) is 0 Å². The number of aromatic nitrogens is 2. The minimum atomic E-state index is 0.0283. The van der Waals surface area contributed by atoms with E-state index in [9.17, 15) is 0 Å². The van der Waals surface area contributed by atoms with Gasteiger partial charge in [0, 0.05) is 25.7 Å². The molecular formula is C10H18N4O2. The van der Waals surface area contributed by atoms with E-state index in [0.717, 1.165) is 12.4 Å². The Bertz CT molecular complexity index is 303. The van der Waals surface area contributed by atoms with Crippen LogP contribution in [0.1, 0.15) is 6.92 Å². The second-order valence-corrected chi connectivity index (χ2v) is 3.23. The Morgan fingerprint density at radius 3 is 2.50 bits per heavy atom. The van der Waals surface area contributed by atoms with Crippen molar-refractivity contribution < 1.29 is 10.2 Å². The number of hydrogen-bond donors (Lipinski definition) is 3. The van der Waals surface area contributed by atoms with Gasteiger partial charge in [0.2, 0.25) is 0 Å². The van der Waals surface area contributed by atoms with Gasteiger partial charge in [0.1, 0.15) is 18.0 Å². The Kier molecular flexibility index (Phi) is 5.52. The van der Waals surface area contributed by atoms with Gasteiger partial charge in [0.05, 0.1) is 13.2 Å². The maximum atomic E-state index is 8.91. The summed E-state index contributed by atoms with van der Waals surface area (Å²) in [6, 6.07) is 1.80. The van der Waals surface area contributed by atoms with Gasteiger partial charge in [0.25, 0.3) is 0 Å². The van der Waals surface area contributed by atoms with Gasteiger partial charge < -0.3 is 20.4 Å². The minimum absolute atomic E-state index is 0.0283. The van der Waals surface area contributed by atoms with Crippen molar-refractivity contribution in [2.24, 2.45) is 0 Å². The summed E-state index contributed by atoms with van der Waals surface area (Å²) in [6.45, 7) is 3.73. The molecule has 90 valence electrons. The SMILES string of the molecule is CCNc1cc(N(CCO)CCO)ncn1. The summed E-state index contributed by atoms with van der Waals surface area (Å²) in [5.74, 6) is 1.45. The van der Waals surface area contributed by atoms with Crippen molar-refractivity contribution in [3.63, 3.8) is 0 Å².